The molecule has 3 heterocycles. The summed E-state index contributed by atoms with van der Waals surface area (Å²) in [5, 5.41) is 0. The van der Waals surface area contributed by atoms with Crippen molar-refractivity contribution >= 4 is 5.91 Å². The molecular weight excluding hydrogens is 342 g/mol. The summed E-state index contributed by atoms with van der Waals surface area (Å²) < 4.78 is 5.96. The summed E-state index contributed by atoms with van der Waals surface area (Å²) in [6, 6.07) is 7.55. The van der Waals surface area contributed by atoms with E-state index >= 15 is 0 Å². The van der Waals surface area contributed by atoms with Gasteiger partial charge in [-0.3, -0.25) is 14.6 Å². The van der Waals surface area contributed by atoms with E-state index in [-0.39, 0.29) is 23.1 Å². The van der Waals surface area contributed by atoms with Gasteiger partial charge in [0.05, 0.1) is 18.4 Å². The van der Waals surface area contributed by atoms with Crippen molar-refractivity contribution in [2.24, 2.45) is 0 Å². The van der Waals surface area contributed by atoms with Gasteiger partial charge in [0, 0.05) is 25.0 Å². The van der Waals surface area contributed by atoms with Crippen molar-refractivity contribution in [3.8, 4) is 0 Å². The lowest BCUT2D eigenvalue weighted by molar-refractivity contribution is -0.00790. The van der Waals surface area contributed by atoms with E-state index in [1.54, 1.807) is 11.1 Å². The highest BCUT2D eigenvalue weighted by atomic mass is 16.5. The van der Waals surface area contributed by atoms with Crippen LogP contribution in [0.2, 0.25) is 0 Å². The number of rotatable bonds is 4. The maximum atomic E-state index is 13.0. The van der Waals surface area contributed by atoms with Crippen LogP contribution in [-0.4, -0.2) is 40.0 Å². The van der Waals surface area contributed by atoms with E-state index in [2.05, 4.69) is 9.97 Å². The Bertz CT molecular complexity index is 863. The van der Waals surface area contributed by atoms with Gasteiger partial charge in [-0.25, -0.2) is 0 Å². The number of ether oxygens (including phenoxy) is 1. The zero-order valence-electron chi connectivity index (χ0n) is 15.4. The molecule has 142 valence electrons. The third kappa shape index (κ3) is 4.11. The highest BCUT2D eigenvalue weighted by molar-refractivity contribution is 5.94. The molecule has 1 aliphatic carbocycles. The number of nitrogens with zero attached hydrogens (tertiary/aromatic N) is 2. The Balaban J connectivity index is 1.43. The van der Waals surface area contributed by atoms with E-state index in [4.69, 9.17) is 4.74 Å². The number of aryl methyl sites for hydroxylation is 2. The summed E-state index contributed by atoms with van der Waals surface area (Å²) >= 11 is 0. The van der Waals surface area contributed by atoms with Gasteiger partial charge in [-0.2, -0.15) is 0 Å². The number of nitrogens with one attached hydrogen (secondary N) is 1. The average Bonchev–Trinajstić information content (AvgIpc) is 2.72. The van der Waals surface area contributed by atoms with E-state index < -0.39 is 0 Å². The van der Waals surface area contributed by atoms with Crippen LogP contribution >= 0.6 is 0 Å². The number of carbonyl (C=O) groups excluding carboxylic acids is 1. The molecule has 6 nitrogen and oxygen atoms in total. The second-order valence-corrected chi connectivity index (χ2v) is 7.37. The number of likely N-dealkylation sites (tertiary alicyclic amines) is 1. The van der Waals surface area contributed by atoms with Gasteiger partial charge in [0.25, 0.3) is 11.5 Å². The van der Waals surface area contributed by atoms with Gasteiger partial charge in [-0.15, -0.1) is 0 Å². The molecule has 2 aromatic rings. The van der Waals surface area contributed by atoms with Crippen LogP contribution in [0.4, 0.5) is 0 Å². The summed E-state index contributed by atoms with van der Waals surface area (Å²) in [7, 11) is 0. The topological polar surface area (TPSA) is 75.3 Å². The van der Waals surface area contributed by atoms with Crippen LogP contribution in [0.1, 0.15) is 53.0 Å². The number of H-pyrrole nitrogens is 1. The molecule has 2 aliphatic rings. The van der Waals surface area contributed by atoms with Crippen molar-refractivity contribution in [2.45, 2.75) is 51.2 Å². The molecule has 4 rings (SSSR count). The van der Waals surface area contributed by atoms with Crippen LogP contribution in [0.3, 0.4) is 0 Å². The molecule has 0 bridgehead atoms. The molecule has 0 unspecified atom stereocenters. The molecule has 1 atom stereocenters. The fourth-order valence-electron chi connectivity index (χ4n) is 3.95. The van der Waals surface area contributed by atoms with E-state index in [9.17, 15) is 9.59 Å². The Morgan fingerprint density at radius 2 is 2.15 bits per heavy atom. The second kappa shape index (κ2) is 8.05. The minimum absolute atomic E-state index is 0.0265. The van der Waals surface area contributed by atoms with Crippen LogP contribution in [0, 0.1) is 0 Å². The Kier molecular flexibility index (Phi) is 5.34. The number of pyridine rings is 2. The van der Waals surface area contributed by atoms with Crippen LogP contribution in [-0.2, 0) is 24.2 Å². The van der Waals surface area contributed by atoms with Gasteiger partial charge in [0.1, 0.15) is 5.56 Å². The summed E-state index contributed by atoms with van der Waals surface area (Å²) in [4.78, 5) is 34.3. The first-order chi connectivity index (χ1) is 13.2. The van der Waals surface area contributed by atoms with Gasteiger partial charge in [-0.1, -0.05) is 6.07 Å². The van der Waals surface area contributed by atoms with E-state index in [1.807, 2.05) is 24.3 Å². The first kappa shape index (κ1) is 17.9. The summed E-state index contributed by atoms with van der Waals surface area (Å²) in [6.45, 7) is 1.62. The smallest absolute Gasteiger partial charge is 0.261 e. The molecule has 2 aromatic heterocycles. The van der Waals surface area contributed by atoms with Gasteiger partial charge in [0.2, 0.25) is 0 Å². The van der Waals surface area contributed by atoms with Crippen molar-refractivity contribution in [1.29, 1.82) is 0 Å². The third-order valence-electron chi connectivity index (χ3n) is 5.43. The predicted molar refractivity (Wildman–Crippen MR) is 102 cm³/mol. The Labute approximate surface area is 158 Å². The minimum atomic E-state index is -0.267. The Morgan fingerprint density at radius 1 is 1.26 bits per heavy atom. The van der Waals surface area contributed by atoms with E-state index in [0.29, 0.717) is 19.7 Å². The molecular formula is C21H25N3O3. The lowest BCUT2D eigenvalue weighted by Gasteiger charge is -2.32. The third-order valence-corrected chi connectivity index (χ3v) is 5.43. The molecule has 1 aliphatic heterocycles. The summed E-state index contributed by atoms with van der Waals surface area (Å²) in [6.07, 6.45) is 7.55. The number of hydrogen-bond donors (Lipinski definition) is 1. The number of fused-ring (bicyclic) bond motifs is 1. The van der Waals surface area contributed by atoms with E-state index in [1.165, 1.54) is 0 Å². The number of amides is 1. The maximum Gasteiger partial charge on any atom is 0.261 e. The van der Waals surface area contributed by atoms with Crippen molar-refractivity contribution in [3.63, 3.8) is 0 Å². The SMILES string of the molecule is O=C(c1cc2c([nH]c1=O)CCCC2)N1CCC[C@@H](OCc2ccccn2)C1. The van der Waals surface area contributed by atoms with Crippen molar-refractivity contribution in [2.75, 3.05) is 13.1 Å². The quantitative estimate of drug-likeness (QED) is 0.901. The standard InChI is InChI=1S/C21H25N3O3/c25-20-18(12-15-6-1-2-9-19(15)23-20)21(26)24-11-5-8-17(13-24)27-14-16-7-3-4-10-22-16/h3-4,7,10,12,17H,1-2,5-6,8-9,11,13-14H2,(H,23,25)/t17-/m1/s1. The van der Waals surface area contributed by atoms with Crippen LogP contribution in [0.5, 0.6) is 0 Å². The Morgan fingerprint density at radius 3 is 3.00 bits per heavy atom. The van der Waals surface area contributed by atoms with Gasteiger partial charge in [-0.05, 0) is 62.3 Å². The van der Waals surface area contributed by atoms with E-state index in [0.717, 1.165) is 55.5 Å². The first-order valence-corrected chi connectivity index (χ1v) is 9.76. The number of aromatic amines is 1. The predicted octanol–water partition coefficient (Wildman–Crippen LogP) is 2.47. The molecule has 27 heavy (non-hydrogen) atoms. The number of carbonyl (C=O) groups is 1. The molecule has 1 saturated heterocycles. The second-order valence-electron chi connectivity index (χ2n) is 7.37. The molecule has 0 aromatic carbocycles. The lowest BCUT2D eigenvalue weighted by atomic mass is 9.94. The van der Waals surface area contributed by atoms with Gasteiger partial charge in [0.15, 0.2) is 0 Å². The lowest BCUT2D eigenvalue weighted by Crippen LogP contribution is -2.44. The molecule has 0 spiro atoms. The average molecular weight is 367 g/mol. The number of hydrogen-bond acceptors (Lipinski definition) is 4. The largest absolute Gasteiger partial charge is 0.370 e. The fraction of sp³-hybridized carbons (Fsp3) is 0.476. The van der Waals surface area contributed by atoms with Crippen LogP contribution in [0.25, 0.3) is 0 Å². The normalized spacial score (nSPS) is 19.6. The van der Waals surface area contributed by atoms with Crippen LogP contribution < -0.4 is 5.56 Å². The van der Waals surface area contributed by atoms with Gasteiger partial charge >= 0.3 is 0 Å². The molecule has 0 saturated carbocycles. The molecule has 1 amide bonds. The number of piperidine rings is 1. The van der Waals surface area contributed by atoms with Crippen molar-refractivity contribution in [3.05, 3.63) is 63.3 Å². The molecule has 1 N–H and O–H groups in total. The maximum absolute atomic E-state index is 13.0. The highest BCUT2D eigenvalue weighted by Gasteiger charge is 2.27. The first-order valence-electron chi connectivity index (χ1n) is 9.76. The van der Waals surface area contributed by atoms with Gasteiger partial charge < -0.3 is 14.6 Å². The zero-order valence-corrected chi connectivity index (χ0v) is 15.4. The minimum Gasteiger partial charge on any atom is -0.370 e. The van der Waals surface area contributed by atoms with Crippen LogP contribution in [0.15, 0.2) is 35.3 Å². The number of aromatic nitrogens is 2. The fourth-order valence-corrected chi connectivity index (χ4v) is 3.95. The zero-order chi connectivity index (χ0) is 18.6. The highest BCUT2D eigenvalue weighted by Crippen LogP contribution is 2.21. The molecule has 6 heteroatoms. The van der Waals surface area contributed by atoms with Crippen molar-refractivity contribution in [1.82, 2.24) is 14.9 Å². The summed E-state index contributed by atoms with van der Waals surface area (Å²) in [5.74, 6) is -0.184. The summed E-state index contributed by atoms with van der Waals surface area (Å²) in [5.41, 5.74) is 2.99. The van der Waals surface area contributed by atoms with Crippen molar-refractivity contribution < 1.29 is 9.53 Å². The Hall–Kier alpha value is -2.47. The monoisotopic (exact) mass is 367 g/mol. The molecule has 0 radical (unpaired) electrons. The molecule has 1 fully saturated rings.